The standard InChI is InChI=1S/C26H27N5O2/c1-16-12-19(6-9-24(16)33-21-7-4-17(2)28-14-21)29-18(3)22-13-20(5-8-23(22)27)30-25-31-26(10-11-26)15-32-25/h4-9,12-14,29H,3,10-11,15,27H2,1-2H3,(H,30,31). The van der Waals surface area contributed by atoms with E-state index in [-0.39, 0.29) is 5.54 Å². The van der Waals surface area contributed by atoms with Gasteiger partial charge in [-0.15, -0.1) is 0 Å². The van der Waals surface area contributed by atoms with Gasteiger partial charge in [0.2, 0.25) is 0 Å². The van der Waals surface area contributed by atoms with Crippen molar-refractivity contribution in [1.82, 2.24) is 4.98 Å². The molecule has 0 bridgehead atoms. The quantitative estimate of drug-likeness (QED) is 0.438. The Labute approximate surface area is 193 Å². The van der Waals surface area contributed by atoms with E-state index < -0.39 is 0 Å². The van der Waals surface area contributed by atoms with Crippen LogP contribution in [0.4, 0.5) is 17.1 Å². The van der Waals surface area contributed by atoms with Crippen LogP contribution in [0.15, 0.2) is 66.3 Å². The Morgan fingerprint density at radius 2 is 1.91 bits per heavy atom. The van der Waals surface area contributed by atoms with Crippen LogP contribution >= 0.6 is 0 Å². The lowest BCUT2D eigenvalue weighted by atomic mass is 10.1. The lowest BCUT2D eigenvalue weighted by molar-refractivity contribution is 0.309. The van der Waals surface area contributed by atoms with E-state index in [0.29, 0.717) is 29.8 Å². The average molecular weight is 442 g/mol. The lowest BCUT2D eigenvalue weighted by Gasteiger charge is -2.16. The van der Waals surface area contributed by atoms with Crippen molar-refractivity contribution in [3.63, 3.8) is 0 Å². The van der Waals surface area contributed by atoms with Gasteiger partial charge in [0.25, 0.3) is 6.02 Å². The summed E-state index contributed by atoms with van der Waals surface area (Å²) < 4.78 is 11.6. The molecule has 2 heterocycles. The molecule has 2 aromatic carbocycles. The van der Waals surface area contributed by atoms with Gasteiger partial charge in [0.15, 0.2) is 0 Å². The van der Waals surface area contributed by atoms with Crippen LogP contribution in [0.2, 0.25) is 0 Å². The summed E-state index contributed by atoms with van der Waals surface area (Å²) in [5, 5.41) is 6.60. The van der Waals surface area contributed by atoms with Gasteiger partial charge in [-0.2, -0.15) is 0 Å². The number of pyridine rings is 1. The molecule has 1 fully saturated rings. The van der Waals surface area contributed by atoms with Gasteiger partial charge in [-0.3, -0.25) is 4.98 Å². The Hall–Kier alpha value is -4.00. The Balaban J connectivity index is 1.28. The number of anilines is 3. The highest BCUT2D eigenvalue weighted by atomic mass is 16.5. The van der Waals surface area contributed by atoms with Gasteiger partial charge in [-0.25, -0.2) is 4.99 Å². The molecule has 0 unspecified atom stereocenters. The van der Waals surface area contributed by atoms with Gasteiger partial charge < -0.3 is 25.8 Å². The van der Waals surface area contributed by atoms with E-state index in [0.717, 1.165) is 46.8 Å². The van der Waals surface area contributed by atoms with Crippen molar-refractivity contribution in [2.24, 2.45) is 4.99 Å². The molecule has 33 heavy (non-hydrogen) atoms. The highest BCUT2D eigenvalue weighted by Gasteiger charge is 2.48. The summed E-state index contributed by atoms with van der Waals surface area (Å²) >= 11 is 0. The topological polar surface area (TPSA) is 93.8 Å². The molecule has 1 saturated carbocycles. The number of aryl methyl sites for hydroxylation is 2. The van der Waals surface area contributed by atoms with Crippen LogP contribution in [0.1, 0.15) is 29.7 Å². The van der Waals surface area contributed by atoms with Gasteiger partial charge in [-0.05, 0) is 80.8 Å². The number of aliphatic imine (C=N–C) groups is 1. The predicted octanol–water partition coefficient (Wildman–Crippen LogP) is 5.49. The summed E-state index contributed by atoms with van der Waals surface area (Å²) in [4.78, 5) is 8.91. The van der Waals surface area contributed by atoms with Crippen LogP contribution < -0.4 is 21.1 Å². The van der Waals surface area contributed by atoms with Crippen LogP contribution in [-0.2, 0) is 4.74 Å². The van der Waals surface area contributed by atoms with Gasteiger partial charge in [-0.1, -0.05) is 6.58 Å². The maximum Gasteiger partial charge on any atom is 0.289 e. The highest BCUT2D eigenvalue weighted by Crippen LogP contribution is 2.43. The second kappa shape index (κ2) is 8.16. The summed E-state index contributed by atoms with van der Waals surface area (Å²) in [6.07, 6.45) is 3.91. The van der Waals surface area contributed by atoms with Crippen LogP contribution in [0.3, 0.4) is 0 Å². The molecule has 168 valence electrons. The van der Waals surface area contributed by atoms with E-state index in [1.165, 1.54) is 0 Å². The summed E-state index contributed by atoms with van der Waals surface area (Å²) in [7, 11) is 0. The molecule has 4 N–H and O–H groups in total. The molecule has 0 radical (unpaired) electrons. The second-order valence-electron chi connectivity index (χ2n) is 8.68. The first kappa shape index (κ1) is 20.9. The molecule has 0 saturated heterocycles. The van der Waals surface area contributed by atoms with Gasteiger partial charge in [0.1, 0.15) is 23.6 Å². The van der Waals surface area contributed by atoms with Crippen molar-refractivity contribution in [2.45, 2.75) is 32.2 Å². The SMILES string of the molecule is C=C(Nc1ccc(Oc2ccc(C)nc2)c(C)c1)c1cc(NC2=NC3(CC3)CO2)ccc1N. The van der Waals surface area contributed by atoms with Gasteiger partial charge in [0.05, 0.1) is 6.20 Å². The summed E-state index contributed by atoms with van der Waals surface area (Å²) in [6, 6.07) is 16.0. The summed E-state index contributed by atoms with van der Waals surface area (Å²) in [5.74, 6) is 1.47. The van der Waals surface area contributed by atoms with Crippen LogP contribution in [0, 0.1) is 13.8 Å². The number of aromatic nitrogens is 1. The number of rotatable bonds is 6. The molecule has 1 aromatic heterocycles. The van der Waals surface area contributed by atoms with E-state index in [1.54, 1.807) is 6.20 Å². The van der Waals surface area contributed by atoms with E-state index >= 15 is 0 Å². The largest absolute Gasteiger partial charge is 0.462 e. The molecule has 7 heteroatoms. The molecular weight excluding hydrogens is 414 g/mol. The fourth-order valence-corrected chi connectivity index (χ4v) is 3.69. The number of hydrogen-bond donors (Lipinski definition) is 3. The molecule has 3 aromatic rings. The third-order valence-corrected chi connectivity index (χ3v) is 5.86. The number of nitrogens with two attached hydrogens (primary N) is 1. The van der Waals surface area contributed by atoms with Crippen molar-refractivity contribution >= 4 is 28.8 Å². The normalized spacial score (nSPS) is 15.5. The Kier molecular flexibility index (Phi) is 5.17. The number of benzene rings is 2. The van der Waals surface area contributed by atoms with E-state index in [4.69, 9.17) is 15.2 Å². The van der Waals surface area contributed by atoms with E-state index in [1.807, 2.05) is 62.4 Å². The van der Waals surface area contributed by atoms with Crippen molar-refractivity contribution in [2.75, 3.05) is 23.0 Å². The zero-order valence-electron chi connectivity index (χ0n) is 18.8. The minimum atomic E-state index is 0.0217. The molecule has 5 rings (SSSR count). The Bertz CT molecular complexity index is 1250. The zero-order valence-corrected chi connectivity index (χ0v) is 18.8. The maximum absolute atomic E-state index is 6.24. The fraction of sp³-hybridized carbons (Fsp3) is 0.231. The minimum Gasteiger partial charge on any atom is -0.462 e. The number of nitrogens with one attached hydrogen (secondary N) is 2. The molecule has 1 aliphatic heterocycles. The van der Waals surface area contributed by atoms with Crippen molar-refractivity contribution in [1.29, 1.82) is 0 Å². The summed E-state index contributed by atoms with van der Waals surface area (Å²) in [6.45, 7) is 8.80. The number of hydrogen-bond acceptors (Lipinski definition) is 7. The smallest absolute Gasteiger partial charge is 0.289 e. The third-order valence-electron chi connectivity index (χ3n) is 5.86. The first-order valence-electron chi connectivity index (χ1n) is 11.0. The van der Waals surface area contributed by atoms with Gasteiger partial charge >= 0.3 is 0 Å². The lowest BCUT2D eigenvalue weighted by Crippen LogP contribution is -2.12. The van der Waals surface area contributed by atoms with Crippen LogP contribution in [-0.4, -0.2) is 23.2 Å². The van der Waals surface area contributed by atoms with Gasteiger partial charge in [0, 0.05) is 34.0 Å². The van der Waals surface area contributed by atoms with Crippen molar-refractivity contribution in [3.05, 3.63) is 78.1 Å². The Morgan fingerprint density at radius 1 is 1.09 bits per heavy atom. The van der Waals surface area contributed by atoms with Crippen LogP contribution in [0.5, 0.6) is 11.5 Å². The monoisotopic (exact) mass is 441 g/mol. The second-order valence-corrected chi connectivity index (χ2v) is 8.68. The zero-order chi connectivity index (χ0) is 23.0. The Morgan fingerprint density at radius 3 is 2.61 bits per heavy atom. The van der Waals surface area contributed by atoms with E-state index in [2.05, 4.69) is 27.2 Å². The first-order chi connectivity index (χ1) is 15.9. The number of nitrogens with zero attached hydrogens (tertiary/aromatic N) is 2. The molecule has 2 aliphatic rings. The van der Waals surface area contributed by atoms with Crippen LogP contribution in [0.25, 0.3) is 5.70 Å². The number of ether oxygens (including phenoxy) is 2. The maximum atomic E-state index is 6.24. The molecule has 1 aliphatic carbocycles. The molecule has 0 amide bonds. The summed E-state index contributed by atoms with van der Waals surface area (Å²) in [5.41, 5.74) is 12.1. The minimum absolute atomic E-state index is 0.0217. The van der Waals surface area contributed by atoms with Crippen molar-refractivity contribution in [3.8, 4) is 11.5 Å². The molecular formula is C26H27N5O2. The molecule has 7 nitrogen and oxygen atoms in total. The number of nitrogen functional groups attached to an aromatic ring is 1. The van der Waals surface area contributed by atoms with E-state index in [9.17, 15) is 0 Å². The highest BCUT2D eigenvalue weighted by molar-refractivity contribution is 5.92. The molecule has 1 spiro atoms. The predicted molar refractivity (Wildman–Crippen MR) is 133 cm³/mol. The third kappa shape index (κ3) is 4.62. The molecule has 0 atom stereocenters. The average Bonchev–Trinajstić information content (AvgIpc) is 3.44. The number of amidine groups is 1. The van der Waals surface area contributed by atoms with Crippen molar-refractivity contribution < 1.29 is 9.47 Å². The fourth-order valence-electron chi connectivity index (χ4n) is 3.69. The first-order valence-corrected chi connectivity index (χ1v) is 11.0.